The summed E-state index contributed by atoms with van der Waals surface area (Å²) in [4.78, 5) is 4.94. The Labute approximate surface area is 468 Å². The van der Waals surface area contributed by atoms with Gasteiger partial charge in [-0.25, -0.2) is 0 Å². The van der Waals surface area contributed by atoms with Crippen molar-refractivity contribution in [2.45, 2.75) is 13.8 Å². The van der Waals surface area contributed by atoms with Crippen LogP contribution in [0.2, 0.25) is 0 Å². The molecule has 0 aliphatic carbocycles. The van der Waals surface area contributed by atoms with Gasteiger partial charge in [-0.15, -0.1) is 0 Å². The summed E-state index contributed by atoms with van der Waals surface area (Å²) in [5.41, 5.74) is 20.8. The molecule has 378 valence electrons. The summed E-state index contributed by atoms with van der Waals surface area (Å²) in [6, 6.07) is 112. The first-order valence-corrected chi connectivity index (χ1v) is 27.6. The van der Waals surface area contributed by atoms with Gasteiger partial charge in [0.25, 0.3) is 0 Å². The fourth-order valence-corrected chi connectivity index (χ4v) is 12.1. The number of rotatable bonds is 11. The Balaban J connectivity index is 0.963. The summed E-state index contributed by atoms with van der Waals surface area (Å²) in [5.74, 6) is 0. The Morgan fingerprint density at radius 1 is 0.225 bits per heavy atom. The van der Waals surface area contributed by atoms with Crippen molar-refractivity contribution in [3.8, 4) is 55.6 Å². The van der Waals surface area contributed by atoms with Crippen molar-refractivity contribution in [2.24, 2.45) is 0 Å². The van der Waals surface area contributed by atoms with E-state index in [9.17, 15) is 0 Å². The van der Waals surface area contributed by atoms with Crippen molar-refractivity contribution in [1.82, 2.24) is 0 Å². The van der Waals surface area contributed by atoms with Gasteiger partial charge in [0.05, 0.1) is 11.4 Å². The van der Waals surface area contributed by atoms with Gasteiger partial charge in [0.1, 0.15) is 0 Å². The highest BCUT2D eigenvalue weighted by atomic mass is 15.2. The molecule has 2 nitrogen and oxygen atoms in total. The molecule has 0 amide bonds. The third-order valence-corrected chi connectivity index (χ3v) is 15.9. The van der Waals surface area contributed by atoms with E-state index in [1.807, 2.05) is 0 Å². The maximum atomic E-state index is 2.48. The minimum absolute atomic E-state index is 1.09. The summed E-state index contributed by atoms with van der Waals surface area (Å²) in [6.45, 7) is 4.40. The van der Waals surface area contributed by atoms with E-state index < -0.39 is 0 Å². The molecule has 14 aromatic rings. The van der Waals surface area contributed by atoms with E-state index >= 15 is 0 Å². The van der Waals surface area contributed by atoms with Crippen molar-refractivity contribution < 1.29 is 0 Å². The van der Waals surface area contributed by atoms with Crippen LogP contribution in [0.15, 0.2) is 303 Å². The zero-order valence-electron chi connectivity index (χ0n) is 44.8. The number of fused-ring (bicyclic) bond motifs is 4. The van der Waals surface area contributed by atoms with E-state index in [1.165, 1.54) is 98.7 Å². The molecule has 0 unspecified atom stereocenters. The van der Waals surface area contributed by atoms with E-state index in [-0.39, 0.29) is 0 Å². The topological polar surface area (TPSA) is 6.48 Å². The van der Waals surface area contributed by atoms with Crippen LogP contribution in [0.1, 0.15) is 11.1 Å². The Kier molecular flexibility index (Phi) is 12.4. The average molecular weight is 1020 g/mol. The molecule has 0 saturated carbocycles. The number of para-hydroxylation sites is 1. The van der Waals surface area contributed by atoms with Gasteiger partial charge < -0.3 is 9.80 Å². The van der Waals surface area contributed by atoms with Crippen molar-refractivity contribution in [2.75, 3.05) is 9.80 Å². The van der Waals surface area contributed by atoms with Crippen molar-refractivity contribution in [3.05, 3.63) is 314 Å². The number of aryl methyl sites for hydroxylation is 2. The molecule has 0 bridgehead atoms. The van der Waals surface area contributed by atoms with E-state index in [0.29, 0.717) is 0 Å². The molecule has 0 radical (unpaired) electrons. The van der Waals surface area contributed by atoms with Crippen LogP contribution in [-0.2, 0) is 0 Å². The third kappa shape index (κ3) is 8.93. The Bertz CT molecular complexity index is 4630. The second-order valence-corrected chi connectivity index (χ2v) is 21.0. The number of hydrogen-bond donors (Lipinski definition) is 0. The lowest BCUT2D eigenvalue weighted by atomic mass is 9.88. The largest absolute Gasteiger partial charge is 0.310 e. The van der Waals surface area contributed by atoms with E-state index in [2.05, 4.69) is 327 Å². The second-order valence-electron chi connectivity index (χ2n) is 21.0. The van der Waals surface area contributed by atoms with Crippen LogP contribution < -0.4 is 9.80 Å². The maximum Gasteiger partial charge on any atom is 0.0552 e. The number of nitrogens with zero attached hydrogens (tertiary/aromatic N) is 2. The lowest BCUT2D eigenvalue weighted by Gasteiger charge is -2.30. The molecule has 0 heterocycles. The first-order chi connectivity index (χ1) is 39.5. The van der Waals surface area contributed by atoms with Crippen LogP contribution in [-0.4, -0.2) is 0 Å². The van der Waals surface area contributed by atoms with Gasteiger partial charge in [-0.1, -0.05) is 231 Å². The van der Waals surface area contributed by atoms with Crippen molar-refractivity contribution in [1.29, 1.82) is 0 Å². The van der Waals surface area contributed by atoms with Crippen molar-refractivity contribution >= 4 is 77.2 Å². The lowest BCUT2D eigenvalue weighted by molar-refractivity contribution is 1.25. The average Bonchev–Trinajstić information content (AvgIpc) is 3.71. The van der Waals surface area contributed by atoms with Gasteiger partial charge in [0.15, 0.2) is 0 Å². The SMILES string of the molecule is Cc1cccc(N(c2cccc(-c3ccccc3)c2)c2cc(-c3ccc4cc(-c5c(N(c6cccc(-c7ccccc7)c6)c6ccccc6C)ccc6ccccc56)ccc4c3)c3ccccc3c2-c2ccc3ccccc3c2)c1. The highest BCUT2D eigenvalue weighted by molar-refractivity contribution is 6.13. The molecule has 80 heavy (non-hydrogen) atoms. The molecule has 0 aliphatic rings. The van der Waals surface area contributed by atoms with Crippen LogP contribution in [0.25, 0.3) is 98.7 Å². The molecule has 0 N–H and O–H groups in total. The molecule has 0 aromatic heterocycles. The Morgan fingerprint density at radius 3 is 1.35 bits per heavy atom. The standard InChI is InChI=1S/C78H56N2/c1-53-20-17-31-67(46-53)79(68-32-18-29-60(50-68)55-22-5-3-6-23-55)76-52-73(71-35-14-15-36-72(71)78(76)66-42-38-57-26-10-11-28-59(57)48-66)64-41-39-63-49-65(43-40-62(63)47-64)77-70-34-13-12-27-58(70)44-45-75(77)80(74-37-16-9-21-54(74)2)69-33-19-30-61(51-69)56-24-7-4-8-25-56/h3-52H,1-2H3. The number of hydrogen-bond acceptors (Lipinski definition) is 2. The highest BCUT2D eigenvalue weighted by Crippen LogP contribution is 2.50. The van der Waals surface area contributed by atoms with Gasteiger partial charge in [-0.3, -0.25) is 0 Å². The zero-order chi connectivity index (χ0) is 53.5. The Hall–Kier alpha value is -10.3. The summed E-state index contributed by atoms with van der Waals surface area (Å²) < 4.78 is 0. The van der Waals surface area contributed by atoms with Crippen LogP contribution in [0, 0.1) is 13.8 Å². The monoisotopic (exact) mass is 1020 g/mol. The summed E-state index contributed by atoms with van der Waals surface area (Å²) in [5, 5.41) is 9.58. The molecular formula is C78H56N2. The molecule has 14 aromatic carbocycles. The zero-order valence-corrected chi connectivity index (χ0v) is 44.8. The number of benzene rings is 14. The minimum Gasteiger partial charge on any atom is -0.310 e. The quantitative estimate of drug-likeness (QED) is 0.127. The van der Waals surface area contributed by atoms with Crippen molar-refractivity contribution in [3.63, 3.8) is 0 Å². The van der Waals surface area contributed by atoms with Crippen LogP contribution in [0.3, 0.4) is 0 Å². The van der Waals surface area contributed by atoms with Gasteiger partial charge in [-0.2, -0.15) is 0 Å². The van der Waals surface area contributed by atoms with Gasteiger partial charge in [-0.05, 0) is 185 Å². The van der Waals surface area contributed by atoms with Crippen LogP contribution in [0.4, 0.5) is 34.1 Å². The predicted molar refractivity (Wildman–Crippen MR) is 342 cm³/mol. The third-order valence-electron chi connectivity index (χ3n) is 15.9. The molecule has 0 saturated heterocycles. The first-order valence-electron chi connectivity index (χ1n) is 27.6. The van der Waals surface area contributed by atoms with Crippen LogP contribution >= 0.6 is 0 Å². The van der Waals surface area contributed by atoms with Gasteiger partial charge in [0.2, 0.25) is 0 Å². The number of anilines is 6. The molecule has 14 rings (SSSR count). The van der Waals surface area contributed by atoms with E-state index in [4.69, 9.17) is 0 Å². The van der Waals surface area contributed by atoms with E-state index in [1.54, 1.807) is 0 Å². The second kappa shape index (κ2) is 20.6. The summed E-state index contributed by atoms with van der Waals surface area (Å²) in [6.07, 6.45) is 0. The summed E-state index contributed by atoms with van der Waals surface area (Å²) in [7, 11) is 0. The maximum absolute atomic E-state index is 2.48. The summed E-state index contributed by atoms with van der Waals surface area (Å²) >= 11 is 0. The smallest absolute Gasteiger partial charge is 0.0552 e. The van der Waals surface area contributed by atoms with Gasteiger partial charge >= 0.3 is 0 Å². The highest BCUT2D eigenvalue weighted by Gasteiger charge is 2.25. The molecular weight excluding hydrogens is 965 g/mol. The molecule has 0 fully saturated rings. The first kappa shape index (κ1) is 48.1. The molecule has 2 heteroatoms. The lowest BCUT2D eigenvalue weighted by Crippen LogP contribution is -2.13. The molecule has 0 spiro atoms. The molecule has 0 aliphatic heterocycles. The van der Waals surface area contributed by atoms with Gasteiger partial charge in [0, 0.05) is 33.9 Å². The normalized spacial score (nSPS) is 11.4. The van der Waals surface area contributed by atoms with E-state index in [0.717, 1.165) is 45.3 Å². The predicted octanol–water partition coefficient (Wildman–Crippen LogP) is 22.2. The fraction of sp³-hybridized carbons (Fsp3) is 0.0256. The van der Waals surface area contributed by atoms with Crippen LogP contribution in [0.5, 0.6) is 0 Å². The minimum atomic E-state index is 1.09. The fourth-order valence-electron chi connectivity index (χ4n) is 12.1. The molecule has 0 atom stereocenters. The Morgan fingerprint density at radius 2 is 0.688 bits per heavy atom.